The molecule has 0 aromatic heterocycles. The molecule has 0 aromatic rings. The standard InChI is InChI=1S/C11H18N2O3/c1-3-12(8-10(14)15)11(16)13-6-4-9(2)5-7-13/h4H,3,5-8H2,1-2H3,(H,14,15). The molecule has 5 nitrogen and oxygen atoms in total. The summed E-state index contributed by atoms with van der Waals surface area (Å²) >= 11 is 0. The molecule has 0 spiro atoms. The second-order valence-electron chi connectivity index (χ2n) is 3.94. The number of rotatable bonds is 3. The minimum Gasteiger partial charge on any atom is -0.480 e. The summed E-state index contributed by atoms with van der Waals surface area (Å²) in [4.78, 5) is 25.5. The van der Waals surface area contributed by atoms with Crippen LogP contribution in [0.25, 0.3) is 0 Å². The summed E-state index contributed by atoms with van der Waals surface area (Å²) in [6.45, 7) is 5.28. The van der Waals surface area contributed by atoms with Gasteiger partial charge in [0.1, 0.15) is 6.54 Å². The van der Waals surface area contributed by atoms with Crippen LogP contribution in [0.1, 0.15) is 20.3 Å². The number of likely N-dealkylation sites (N-methyl/N-ethyl adjacent to an activating group) is 1. The molecule has 1 heterocycles. The van der Waals surface area contributed by atoms with Crippen LogP contribution in [0.2, 0.25) is 0 Å². The van der Waals surface area contributed by atoms with Crippen molar-refractivity contribution in [1.29, 1.82) is 0 Å². The molecule has 1 aliphatic heterocycles. The smallest absolute Gasteiger partial charge is 0.323 e. The van der Waals surface area contributed by atoms with E-state index in [9.17, 15) is 9.59 Å². The molecule has 1 N–H and O–H groups in total. The van der Waals surface area contributed by atoms with Gasteiger partial charge in [0.2, 0.25) is 0 Å². The molecular weight excluding hydrogens is 208 g/mol. The maximum atomic E-state index is 11.9. The summed E-state index contributed by atoms with van der Waals surface area (Å²) in [5.41, 5.74) is 1.28. The molecule has 2 amide bonds. The van der Waals surface area contributed by atoms with Crippen molar-refractivity contribution < 1.29 is 14.7 Å². The van der Waals surface area contributed by atoms with Gasteiger partial charge in [-0.15, -0.1) is 0 Å². The fourth-order valence-corrected chi connectivity index (χ4v) is 1.62. The monoisotopic (exact) mass is 226 g/mol. The van der Waals surface area contributed by atoms with Crippen LogP contribution in [0.5, 0.6) is 0 Å². The predicted molar refractivity (Wildman–Crippen MR) is 60.2 cm³/mol. The minimum absolute atomic E-state index is 0.186. The Balaban J connectivity index is 2.58. The zero-order valence-corrected chi connectivity index (χ0v) is 9.77. The molecule has 16 heavy (non-hydrogen) atoms. The summed E-state index contributed by atoms with van der Waals surface area (Å²) in [5, 5.41) is 8.68. The van der Waals surface area contributed by atoms with E-state index in [0.717, 1.165) is 6.42 Å². The molecule has 0 atom stereocenters. The Bertz CT molecular complexity index is 312. The van der Waals surface area contributed by atoms with E-state index in [1.54, 1.807) is 11.8 Å². The van der Waals surface area contributed by atoms with E-state index in [1.807, 2.05) is 13.0 Å². The lowest BCUT2D eigenvalue weighted by atomic mass is 10.1. The Morgan fingerprint density at radius 2 is 2.25 bits per heavy atom. The summed E-state index contributed by atoms with van der Waals surface area (Å²) in [7, 11) is 0. The van der Waals surface area contributed by atoms with E-state index < -0.39 is 5.97 Å². The molecule has 1 rings (SSSR count). The molecule has 1 aliphatic rings. The number of carbonyl (C=O) groups is 2. The molecule has 0 saturated carbocycles. The maximum absolute atomic E-state index is 11.9. The van der Waals surface area contributed by atoms with Crippen molar-refractivity contribution in [3.63, 3.8) is 0 Å². The predicted octanol–water partition coefficient (Wildman–Crippen LogP) is 1.16. The molecule has 0 radical (unpaired) electrons. The molecule has 0 aliphatic carbocycles. The lowest BCUT2D eigenvalue weighted by Gasteiger charge is -2.30. The quantitative estimate of drug-likeness (QED) is 0.735. The Hall–Kier alpha value is -1.52. The number of hydrogen-bond donors (Lipinski definition) is 1. The van der Waals surface area contributed by atoms with E-state index in [0.29, 0.717) is 19.6 Å². The molecule has 0 bridgehead atoms. The Kier molecular flexibility index (Phi) is 4.34. The average Bonchev–Trinajstić information content (AvgIpc) is 2.25. The number of carbonyl (C=O) groups excluding carboxylic acids is 1. The van der Waals surface area contributed by atoms with Gasteiger partial charge in [-0.05, 0) is 20.3 Å². The van der Waals surface area contributed by atoms with Crippen LogP contribution in [-0.4, -0.2) is 53.1 Å². The first-order valence-electron chi connectivity index (χ1n) is 5.46. The van der Waals surface area contributed by atoms with Crippen molar-refractivity contribution in [2.45, 2.75) is 20.3 Å². The minimum atomic E-state index is -0.973. The van der Waals surface area contributed by atoms with E-state index in [1.165, 1.54) is 10.5 Å². The molecular formula is C11H18N2O3. The number of amides is 2. The molecule has 0 unspecified atom stereocenters. The number of nitrogens with zero attached hydrogens (tertiary/aromatic N) is 2. The van der Waals surface area contributed by atoms with Crippen molar-refractivity contribution in [1.82, 2.24) is 9.80 Å². The molecule has 0 fully saturated rings. The van der Waals surface area contributed by atoms with Crippen LogP contribution in [-0.2, 0) is 4.79 Å². The number of hydrogen-bond acceptors (Lipinski definition) is 2. The van der Waals surface area contributed by atoms with Crippen LogP contribution in [0, 0.1) is 0 Å². The van der Waals surface area contributed by atoms with Crippen molar-refractivity contribution >= 4 is 12.0 Å². The third-order valence-electron chi connectivity index (χ3n) is 2.69. The lowest BCUT2D eigenvalue weighted by Crippen LogP contribution is -2.46. The molecule has 90 valence electrons. The Morgan fingerprint density at radius 1 is 1.56 bits per heavy atom. The van der Waals surface area contributed by atoms with Gasteiger partial charge in [-0.1, -0.05) is 11.6 Å². The fraction of sp³-hybridized carbons (Fsp3) is 0.636. The van der Waals surface area contributed by atoms with Crippen LogP contribution >= 0.6 is 0 Å². The van der Waals surface area contributed by atoms with Crippen molar-refractivity contribution in [2.75, 3.05) is 26.2 Å². The summed E-state index contributed by atoms with van der Waals surface area (Å²) in [5.74, 6) is -0.973. The van der Waals surface area contributed by atoms with Crippen LogP contribution in [0.15, 0.2) is 11.6 Å². The second kappa shape index (κ2) is 5.53. The number of carboxylic acids is 1. The zero-order chi connectivity index (χ0) is 12.1. The van der Waals surface area contributed by atoms with Crippen molar-refractivity contribution in [3.05, 3.63) is 11.6 Å². The number of carboxylic acid groups (broad SMARTS) is 1. The van der Waals surface area contributed by atoms with E-state index >= 15 is 0 Å². The fourth-order valence-electron chi connectivity index (χ4n) is 1.62. The Labute approximate surface area is 95.3 Å². The van der Waals surface area contributed by atoms with E-state index in [2.05, 4.69) is 0 Å². The first-order chi connectivity index (χ1) is 7.54. The van der Waals surface area contributed by atoms with Gasteiger partial charge in [0.15, 0.2) is 0 Å². The zero-order valence-electron chi connectivity index (χ0n) is 9.77. The highest BCUT2D eigenvalue weighted by Crippen LogP contribution is 2.11. The van der Waals surface area contributed by atoms with Crippen LogP contribution < -0.4 is 0 Å². The average molecular weight is 226 g/mol. The highest BCUT2D eigenvalue weighted by Gasteiger charge is 2.22. The largest absolute Gasteiger partial charge is 0.480 e. The molecule has 0 aromatic carbocycles. The SMILES string of the molecule is CCN(CC(=O)O)C(=O)N1CC=C(C)CC1. The van der Waals surface area contributed by atoms with E-state index in [-0.39, 0.29) is 12.6 Å². The van der Waals surface area contributed by atoms with E-state index in [4.69, 9.17) is 5.11 Å². The second-order valence-corrected chi connectivity index (χ2v) is 3.94. The third kappa shape index (κ3) is 3.25. The topological polar surface area (TPSA) is 60.9 Å². The van der Waals surface area contributed by atoms with Gasteiger partial charge in [-0.2, -0.15) is 0 Å². The Morgan fingerprint density at radius 3 is 2.69 bits per heavy atom. The van der Waals surface area contributed by atoms with Crippen LogP contribution in [0.3, 0.4) is 0 Å². The van der Waals surface area contributed by atoms with Gasteiger partial charge < -0.3 is 14.9 Å². The highest BCUT2D eigenvalue weighted by atomic mass is 16.4. The van der Waals surface area contributed by atoms with Gasteiger partial charge >= 0.3 is 12.0 Å². The molecule has 0 saturated heterocycles. The number of aliphatic carboxylic acids is 1. The molecule has 5 heteroatoms. The summed E-state index contributed by atoms with van der Waals surface area (Å²) in [6.07, 6.45) is 2.88. The summed E-state index contributed by atoms with van der Waals surface area (Å²) in [6, 6.07) is -0.186. The first kappa shape index (κ1) is 12.5. The van der Waals surface area contributed by atoms with Crippen molar-refractivity contribution in [3.8, 4) is 0 Å². The number of urea groups is 1. The first-order valence-corrected chi connectivity index (χ1v) is 5.46. The van der Waals surface area contributed by atoms with Gasteiger partial charge in [-0.25, -0.2) is 4.79 Å². The van der Waals surface area contributed by atoms with Crippen LogP contribution in [0.4, 0.5) is 4.79 Å². The maximum Gasteiger partial charge on any atom is 0.323 e. The van der Waals surface area contributed by atoms with Gasteiger partial charge in [0.05, 0.1) is 0 Å². The third-order valence-corrected chi connectivity index (χ3v) is 2.69. The lowest BCUT2D eigenvalue weighted by molar-refractivity contribution is -0.137. The normalized spacial score (nSPS) is 15.6. The van der Waals surface area contributed by atoms with Crippen molar-refractivity contribution in [2.24, 2.45) is 0 Å². The van der Waals surface area contributed by atoms with Gasteiger partial charge in [0, 0.05) is 19.6 Å². The van der Waals surface area contributed by atoms with Gasteiger partial charge in [0.25, 0.3) is 0 Å². The summed E-state index contributed by atoms with van der Waals surface area (Å²) < 4.78 is 0. The highest BCUT2D eigenvalue weighted by molar-refractivity contribution is 5.80. The van der Waals surface area contributed by atoms with Gasteiger partial charge in [-0.3, -0.25) is 4.79 Å².